The SMILES string of the molecule is CC(C)C(=O)N1CCC[C@@H](NC(=O)N(Cc2ccncc2)Cc2ccco2)C1. The molecule has 3 heterocycles. The molecular weight excluding hydrogens is 356 g/mol. The highest BCUT2D eigenvalue weighted by Crippen LogP contribution is 2.15. The van der Waals surface area contributed by atoms with Gasteiger partial charge >= 0.3 is 6.03 Å². The summed E-state index contributed by atoms with van der Waals surface area (Å²) in [6.07, 6.45) is 6.81. The average molecular weight is 384 g/mol. The van der Waals surface area contributed by atoms with Crippen LogP contribution in [0.15, 0.2) is 47.3 Å². The number of nitrogens with one attached hydrogen (secondary N) is 1. The van der Waals surface area contributed by atoms with E-state index >= 15 is 0 Å². The lowest BCUT2D eigenvalue weighted by Gasteiger charge is -2.35. The number of piperidine rings is 1. The van der Waals surface area contributed by atoms with E-state index in [2.05, 4.69) is 10.3 Å². The van der Waals surface area contributed by atoms with E-state index in [4.69, 9.17) is 4.42 Å². The number of carbonyl (C=O) groups excluding carboxylic acids is 2. The highest BCUT2D eigenvalue weighted by molar-refractivity contribution is 5.78. The minimum absolute atomic E-state index is 0.0309. The Hall–Kier alpha value is -2.83. The van der Waals surface area contributed by atoms with Crippen LogP contribution in [-0.4, -0.2) is 45.9 Å². The topological polar surface area (TPSA) is 78.7 Å². The Morgan fingerprint density at radius 1 is 1.29 bits per heavy atom. The molecule has 1 aliphatic rings. The Morgan fingerprint density at radius 2 is 2.07 bits per heavy atom. The number of aromatic nitrogens is 1. The second-order valence-electron chi connectivity index (χ2n) is 7.52. The van der Waals surface area contributed by atoms with Crippen LogP contribution in [-0.2, 0) is 17.9 Å². The van der Waals surface area contributed by atoms with Crippen LogP contribution in [0.4, 0.5) is 4.79 Å². The summed E-state index contributed by atoms with van der Waals surface area (Å²) >= 11 is 0. The normalized spacial score (nSPS) is 16.8. The van der Waals surface area contributed by atoms with Crippen molar-refractivity contribution in [3.8, 4) is 0 Å². The summed E-state index contributed by atoms with van der Waals surface area (Å²) in [6.45, 7) is 5.97. The van der Waals surface area contributed by atoms with Crippen molar-refractivity contribution in [1.82, 2.24) is 20.1 Å². The lowest BCUT2D eigenvalue weighted by molar-refractivity contribution is -0.135. The molecule has 0 saturated carbocycles. The molecule has 0 spiro atoms. The van der Waals surface area contributed by atoms with Gasteiger partial charge in [0, 0.05) is 44.0 Å². The maximum Gasteiger partial charge on any atom is 0.318 e. The van der Waals surface area contributed by atoms with E-state index in [9.17, 15) is 9.59 Å². The Bertz CT molecular complexity index is 761. The fourth-order valence-corrected chi connectivity index (χ4v) is 3.42. The van der Waals surface area contributed by atoms with Crippen molar-refractivity contribution in [3.05, 3.63) is 54.2 Å². The molecule has 2 aromatic heterocycles. The van der Waals surface area contributed by atoms with Crippen molar-refractivity contribution < 1.29 is 14.0 Å². The molecule has 1 aliphatic heterocycles. The minimum Gasteiger partial charge on any atom is -0.467 e. The fraction of sp³-hybridized carbons (Fsp3) is 0.476. The number of carbonyl (C=O) groups is 2. The smallest absolute Gasteiger partial charge is 0.318 e. The van der Waals surface area contributed by atoms with Gasteiger partial charge in [0.25, 0.3) is 0 Å². The molecular formula is C21H28N4O3. The summed E-state index contributed by atoms with van der Waals surface area (Å²) in [5, 5.41) is 3.11. The van der Waals surface area contributed by atoms with Crippen LogP contribution in [0.5, 0.6) is 0 Å². The predicted octanol–water partition coefficient (Wildman–Crippen LogP) is 3.03. The molecule has 1 saturated heterocycles. The predicted molar refractivity (Wildman–Crippen MR) is 105 cm³/mol. The molecule has 7 heteroatoms. The zero-order valence-corrected chi connectivity index (χ0v) is 16.5. The van der Waals surface area contributed by atoms with Crippen LogP contribution in [0.3, 0.4) is 0 Å². The second kappa shape index (κ2) is 9.39. The van der Waals surface area contributed by atoms with E-state index < -0.39 is 0 Å². The van der Waals surface area contributed by atoms with Crippen molar-refractivity contribution in [2.24, 2.45) is 5.92 Å². The third-order valence-corrected chi connectivity index (χ3v) is 4.89. The van der Waals surface area contributed by atoms with Crippen LogP contribution in [0.2, 0.25) is 0 Å². The van der Waals surface area contributed by atoms with Gasteiger partial charge in [0.05, 0.1) is 12.8 Å². The van der Waals surface area contributed by atoms with E-state index in [1.807, 2.05) is 43.0 Å². The third kappa shape index (κ3) is 5.34. The summed E-state index contributed by atoms with van der Waals surface area (Å²) in [5.74, 6) is 0.837. The molecule has 0 aliphatic carbocycles. The minimum atomic E-state index is -0.156. The number of urea groups is 1. The standard InChI is InChI=1S/C21H28N4O3/c1-16(2)20(26)24-11-3-5-18(14-24)23-21(27)25(15-19-6-4-12-28-19)13-17-7-9-22-10-8-17/h4,6-10,12,16,18H,3,5,11,13-15H2,1-2H3,(H,23,27)/t18-/m1/s1. The van der Waals surface area contributed by atoms with Crippen molar-refractivity contribution >= 4 is 11.9 Å². The first kappa shape index (κ1) is 19.9. The first-order valence-corrected chi connectivity index (χ1v) is 9.78. The first-order chi connectivity index (χ1) is 13.5. The highest BCUT2D eigenvalue weighted by atomic mass is 16.3. The van der Waals surface area contributed by atoms with Crippen molar-refractivity contribution in [1.29, 1.82) is 0 Å². The zero-order valence-electron chi connectivity index (χ0n) is 16.5. The number of furan rings is 1. The van der Waals surface area contributed by atoms with E-state index in [-0.39, 0.29) is 23.9 Å². The van der Waals surface area contributed by atoms with Gasteiger partial charge in [0.1, 0.15) is 5.76 Å². The summed E-state index contributed by atoms with van der Waals surface area (Å²) in [6, 6.07) is 7.26. The van der Waals surface area contributed by atoms with Crippen molar-refractivity contribution in [2.75, 3.05) is 13.1 Å². The molecule has 150 valence electrons. The Morgan fingerprint density at radius 3 is 2.75 bits per heavy atom. The van der Waals surface area contributed by atoms with E-state index in [1.165, 1.54) is 0 Å². The van der Waals surface area contributed by atoms with Gasteiger partial charge < -0.3 is 19.5 Å². The molecule has 0 radical (unpaired) electrons. The number of hydrogen-bond acceptors (Lipinski definition) is 4. The number of pyridine rings is 1. The molecule has 1 atom stereocenters. The zero-order chi connectivity index (χ0) is 19.9. The molecule has 0 aromatic carbocycles. The maximum atomic E-state index is 13.0. The second-order valence-corrected chi connectivity index (χ2v) is 7.52. The number of hydrogen-bond donors (Lipinski definition) is 1. The van der Waals surface area contributed by atoms with Crippen LogP contribution in [0.1, 0.15) is 38.0 Å². The molecule has 3 rings (SSSR count). The van der Waals surface area contributed by atoms with Gasteiger partial charge in [-0.15, -0.1) is 0 Å². The number of rotatable bonds is 6. The van der Waals surface area contributed by atoms with Gasteiger partial charge in [-0.25, -0.2) is 4.79 Å². The molecule has 1 N–H and O–H groups in total. The maximum absolute atomic E-state index is 13.0. The Balaban J connectivity index is 1.65. The summed E-state index contributed by atoms with van der Waals surface area (Å²) in [7, 11) is 0. The number of amides is 3. The highest BCUT2D eigenvalue weighted by Gasteiger charge is 2.27. The molecule has 0 unspecified atom stereocenters. The van der Waals surface area contributed by atoms with Crippen LogP contribution in [0.25, 0.3) is 0 Å². The molecule has 3 amide bonds. The van der Waals surface area contributed by atoms with Gasteiger partial charge in [-0.2, -0.15) is 0 Å². The monoisotopic (exact) mass is 384 g/mol. The largest absolute Gasteiger partial charge is 0.467 e. The van der Waals surface area contributed by atoms with Crippen molar-refractivity contribution in [2.45, 2.75) is 45.8 Å². The van der Waals surface area contributed by atoms with Gasteiger partial charge in [-0.1, -0.05) is 13.8 Å². The quantitative estimate of drug-likeness (QED) is 0.830. The van der Waals surface area contributed by atoms with Crippen LogP contribution >= 0.6 is 0 Å². The summed E-state index contributed by atoms with van der Waals surface area (Å²) < 4.78 is 5.43. The lowest BCUT2D eigenvalue weighted by Crippen LogP contribution is -2.53. The molecule has 0 bridgehead atoms. The number of likely N-dealkylation sites (tertiary alicyclic amines) is 1. The molecule has 7 nitrogen and oxygen atoms in total. The lowest BCUT2D eigenvalue weighted by atomic mass is 10.0. The molecule has 1 fully saturated rings. The van der Waals surface area contributed by atoms with Gasteiger partial charge in [-0.3, -0.25) is 9.78 Å². The number of nitrogens with zero attached hydrogens (tertiary/aromatic N) is 3. The van der Waals surface area contributed by atoms with Crippen LogP contribution < -0.4 is 5.32 Å². The van der Waals surface area contributed by atoms with Gasteiger partial charge in [-0.05, 0) is 42.7 Å². The molecule has 28 heavy (non-hydrogen) atoms. The van der Waals surface area contributed by atoms with Crippen molar-refractivity contribution in [3.63, 3.8) is 0 Å². The first-order valence-electron chi connectivity index (χ1n) is 9.78. The summed E-state index contributed by atoms with van der Waals surface area (Å²) in [4.78, 5) is 32.9. The Kier molecular flexibility index (Phi) is 6.68. The van der Waals surface area contributed by atoms with E-state index in [0.29, 0.717) is 19.6 Å². The van der Waals surface area contributed by atoms with Crippen LogP contribution in [0, 0.1) is 5.92 Å². The van der Waals surface area contributed by atoms with E-state index in [0.717, 1.165) is 30.7 Å². The van der Waals surface area contributed by atoms with E-state index in [1.54, 1.807) is 23.6 Å². The average Bonchev–Trinajstić information content (AvgIpc) is 3.21. The summed E-state index contributed by atoms with van der Waals surface area (Å²) in [5.41, 5.74) is 0.997. The van der Waals surface area contributed by atoms with Gasteiger partial charge in [0.15, 0.2) is 0 Å². The van der Waals surface area contributed by atoms with Gasteiger partial charge in [0.2, 0.25) is 5.91 Å². The fourth-order valence-electron chi connectivity index (χ4n) is 3.42. The molecule has 2 aromatic rings. The Labute approximate surface area is 165 Å². The third-order valence-electron chi connectivity index (χ3n) is 4.89.